The first-order valence-corrected chi connectivity index (χ1v) is 9.91. The number of amides is 2. The van der Waals surface area contributed by atoms with Crippen molar-refractivity contribution < 1.29 is 9.59 Å². The van der Waals surface area contributed by atoms with Gasteiger partial charge < -0.3 is 0 Å². The van der Waals surface area contributed by atoms with E-state index in [-0.39, 0.29) is 35.5 Å². The topological polar surface area (TPSA) is 37.4 Å². The summed E-state index contributed by atoms with van der Waals surface area (Å²) < 4.78 is 0. The summed E-state index contributed by atoms with van der Waals surface area (Å²) in [4.78, 5) is 29.2. The van der Waals surface area contributed by atoms with Crippen molar-refractivity contribution in [3.8, 4) is 0 Å². The van der Waals surface area contributed by atoms with Crippen LogP contribution in [-0.2, 0) is 9.59 Å². The van der Waals surface area contributed by atoms with Gasteiger partial charge in [0.25, 0.3) is 0 Å². The largest absolute Gasteiger partial charge is 0.274 e. The van der Waals surface area contributed by atoms with Gasteiger partial charge in [-0.1, -0.05) is 35.5 Å². The van der Waals surface area contributed by atoms with E-state index in [1.54, 1.807) is 11.8 Å². The summed E-state index contributed by atoms with van der Waals surface area (Å²) in [5, 5.41) is 0.713. The monoisotopic (exact) mass is 381 g/mol. The Morgan fingerprint density at radius 1 is 0.808 bits per heavy atom. The molecule has 2 fully saturated rings. The molecule has 0 spiro atoms. The van der Waals surface area contributed by atoms with Gasteiger partial charge in [0, 0.05) is 14.8 Å². The molecule has 2 aromatic carbocycles. The highest BCUT2D eigenvalue weighted by molar-refractivity contribution is 7.99. The molecule has 1 heterocycles. The summed E-state index contributed by atoms with van der Waals surface area (Å²) in [5.74, 6) is 0.114. The van der Waals surface area contributed by atoms with Crippen molar-refractivity contribution in [3.63, 3.8) is 0 Å². The fraction of sp³-hybridized carbons (Fsp3) is 0.238. The highest BCUT2D eigenvalue weighted by Crippen LogP contribution is 2.53. The Bertz CT molecular complexity index is 892. The lowest BCUT2D eigenvalue weighted by atomic mass is 9.85. The number of nitrogens with zero attached hydrogens (tertiary/aromatic N) is 1. The van der Waals surface area contributed by atoms with E-state index in [2.05, 4.69) is 12.2 Å². The van der Waals surface area contributed by atoms with Crippen LogP contribution in [0.5, 0.6) is 0 Å². The molecule has 0 radical (unpaired) electrons. The molecule has 5 heteroatoms. The van der Waals surface area contributed by atoms with Crippen LogP contribution >= 0.6 is 23.4 Å². The van der Waals surface area contributed by atoms with Gasteiger partial charge in [0.1, 0.15) is 0 Å². The zero-order valence-corrected chi connectivity index (χ0v) is 15.4. The predicted molar refractivity (Wildman–Crippen MR) is 102 cm³/mol. The van der Waals surface area contributed by atoms with Gasteiger partial charge in [0.15, 0.2) is 0 Å². The third kappa shape index (κ3) is 2.43. The third-order valence-corrected chi connectivity index (χ3v) is 6.88. The molecule has 1 saturated carbocycles. The van der Waals surface area contributed by atoms with Crippen LogP contribution in [0.4, 0.5) is 5.69 Å². The molecule has 1 saturated heterocycles. The van der Waals surface area contributed by atoms with Crippen molar-refractivity contribution in [1.29, 1.82) is 0 Å². The molecule has 0 aromatic heterocycles. The van der Waals surface area contributed by atoms with E-state index in [9.17, 15) is 9.59 Å². The Morgan fingerprint density at radius 3 is 1.85 bits per heavy atom. The standard InChI is InChI=1S/C21H16ClNO2S/c22-14-3-7-16(8-4-14)26-17-9-5-15(6-10-17)23-20(24)18-12-1-2-13(11-12)19(18)21(23)25/h1-10,12-13,18-19H,11H2/t12-,13+,18+,19-. The van der Waals surface area contributed by atoms with Gasteiger partial charge in [-0.25, -0.2) is 0 Å². The fourth-order valence-electron chi connectivity index (χ4n) is 4.46. The molecular formula is C21H16ClNO2S. The second-order valence-electron chi connectivity index (χ2n) is 7.06. The lowest BCUT2D eigenvalue weighted by molar-refractivity contribution is -0.123. The third-order valence-electron chi connectivity index (χ3n) is 5.61. The number of benzene rings is 2. The van der Waals surface area contributed by atoms with Gasteiger partial charge in [0.05, 0.1) is 17.5 Å². The van der Waals surface area contributed by atoms with Crippen LogP contribution in [0.2, 0.25) is 5.02 Å². The normalized spacial score (nSPS) is 28.9. The second kappa shape index (κ2) is 6.00. The number of rotatable bonds is 3. The van der Waals surface area contributed by atoms with Crippen molar-refractivity contribution in [2.45, 2.75) is 16.2 Å². The molecule has 130 valence electrons. The van der Waals surface area contributed by atoms with E-state index in [4.69, 9.17) is 11.6 Å². The van der Waals surface area contributed by atoms with Crippen molar-refractivity contribution in [1.82, 2.24) is 0 Å². The van der Waals surface area contributed by atoms with Gasteiger partial charge in [-0.15, -0.1) is 0 Å². The number of fused-ring (bicyclic) bond motifs is 5. The van der Waals surface area contributed by atoms with Crippen molar-refractivity contribution in [2.24, 2.45) is 23.7 Å². The summed E-state index contributed by atoms with van der Waals surface area (Å²) in [6.45, 7) is 0. The first-order valence-electron chi connectivity index (χ1n) is 8.71. The molecule has 2 bridgehead atoms. The van der Waals surface area contributed by atoms with Crippen LogP contribution < -0.4 is 4.90 Å². The molecule has 2 amide bonds. The number of anilines is 1. The molecule has 5 rings (SSSR count). The molecule has 2 aromatic rings. The summed E-state index contributed by atoms with van der Waals surface area (Å²) in [6.07, 6.45) is 5.19. The fourth-order valence-corrected chi connectivity index (χ4v) is 5.40. The molecule has 1 aliphatic heterocycles. The lowest BCUT2D eigenvalue weighted by Crippen LogP contribution is -2.32. The maximum Gasteiger partial charge on any atom is 0.238 e. The van der Waals surface area contributed by atoms with E-state index in [1.807, 2.05) is 48.5 Å². The van der Waals surface area contributed by atoms with Crippen LogP contribution in [0.1, 0.15) is 6.42 Å². The van der Waals surface area contributed by atoms with Crippen LogP contribution in [0, 0.1) is 23.7 Å². The van der Waals surface area contributed by atoms with Crippen molar-refractivity contribution in [3.05, 3.63) is 65.7 Å². The second-order valence-corrected chi connectivity index (χ2v) is 8.65. The van der Waals surface area contributed by atoms with Gasteiger partial charge in [-0.2, -0.15) is 0 Å². The zero-order valence-electron chi connectivity index (χ0n) is 13.8. The average molecular weight is 382 g/mol. The number of halogens is 1. The van der Waals surface area contributed by atoms with E-state index < -0.39 is 0 Å². The Hall–Kier alpha value is -2.04. The van der Waals surface area contributed by atoms with Gasteiger partial charge in [-0.05, 0) is 66.8 Å². The van der Waals surface area contributed by atoms with Crippen LogP contribution in [0.3, 0.4) is 0 Å². The van der Waals surface area contributed by atoms with Crippen molar-refractivity contribution >= 4 is 40.9 Å². The SMILES string of the molecule is O=C1[C@@H]2[C@H](C(=O)N1c1ccc(Sc3ccc(Cl)cc3)cc1)[C@H]1C=C[C@@H]2C1. The summed E-state index contributed by atoms with van der Waals surface area (Å²) in [5.41, 5.74) is 0.675. The molecular weight excluding hydrogens is 366 g/mol. The van der Waals surface area contributed by atoms with Crippen molar-refractivity contribution in [2.75, 3.05) is 4.90 Å². The maximum absolute atomic E-state index is 12.8. The predicted octanol–water partition coefficient (Wildman–Crippen LogP) is 4.80. The van der Waals surface area contributed by atoms with Gasteiger partial charge in [-0.3, -0.25) is 14.5 Å². The quantitative estimate of drug-likeness (QED) is 0.566. The Labute approximate surface area is 161 Å². The number of carbonyl (C=O) groups excluding carboxylic acids is 2. The highest BCUT2D eigenvalue weighted by atomic mass is 35.5. The molecule has 3 aliphatic rings. The van der Waals surface area contributed by atoms with E-state index in [0.717, 1.165) is 16.2 Å². The number of hydrogen-bond acceptors (Lipinski definition) is 3. The smallest absolute Gasteiger partial charge is 0.238 e. The minimum Gasteiger partial charge on any atom is -0.274 e. The Morgan fingerprint density at radius 2 is 1.31 bits per heavy atom. The summed E-state index contributed by atoms with van der Waals surface area (Å²) in [6, 6.07) is 15.3. The average Bonchev–Trinajstić information content (AvgIpc) is 3.32. The van der Waals surface area contributed by atoms with Gasteiger partial charge in [0.2, 0.25) is 11.8 Å². The number of hydrogen-bond donors (Lipinski definition) is 0. The van der Waals surface area contributed by atoms with Crippen LogP contribution in [0.15, 0.2) is 70.5 Å². The Kier molecular flexibility index (Phi) is 3.73. The number of imide groups is 1. The first-order chi connectivity index (χ1) is 12.6. The summed E-state index contributed by atoms with van der Waals surface area (Å²) >= 11 is 7.54. The minimum atomic E-state index is -0.152. The Balaban J connectivity index is 1.37. The van der Waals surface area contributed by atoms with Crippen LogP contribution in [-0.4, -0.2) is 11.8 Å². The molecule has 26 heavy (non-hydrogen) atoms. The van der Waals surface area contributed by atoms with E-state index in [0.29, 0.717) is 10.7 Å². The maximum atomic E-state index is 12.8. The lowest BCUT2D eigenvalue weighted by Gasteiger charge is -2.17. The molecule has 3 nitrogen and oxygen atoms in total. The van der Waals surface area contributed by atoms with Crippen LogP contribution in [0.25, 0.3) is 0 Å². The highest BCUT2D eigenvalue weighted by Gasteiger charge is 2.59. The number of carbonyl (C=O) groups is 2. The van der Waals surface area contributed by atoms with E-state index >= 15 is 0 Å². The van der Waals surface area contributed by atoms with Gasteiger partial charge >= 0.3 is 0 Å². The van der Waals surface area contributed by atoms with E-state index in [1.165, 1.54) is 4.90 Å². The molecule has 0 unspecified atom stereocenters. The number of allylic oxidation sites excluding steroid dienone is 2. The summed E-state index contributed by atoms with van der Waals surface area (Å²) in [7, 11) is 0. The molecule has 2 aliphatic carbocycles. The zero-order chi connectivity index (χ0) is 17.8. The molecule has 0 N–H and O–H groups in total. The molecule has 4 atom stereocenters. The first kappa shape index (κ1) is 16.2. The minimum absolute atomic E-state index is 0.0324.